The van der Waals surface area contributed by atoms with Crippen LogP contribution >= 0.6 is 0 Å². The molecule has 0 saturated carbocycles. The van der Waals surface area contributed by atoms with Crippen molar-refractivity contribution in [2.75, 3.05) is 0 Å². The molecular formula is C7H11N3O3. The molecule has 0 bridgehead atoms. The third kappa shape index (κ3) is 1.95. The Balaban J connectivity index is 2.92. The molecule has 0 aromatic rings. The fourth-order valence-electron chi connectivity index (χ4n) is 1.27. The average molecular weight is 185 g/mol. The number of amidine groups is 1. The number of imide groups is 1. The number of hydrogen-bond acceptors (Lipinski definition) is 4. The van der Waals surface area contributed by atoms with E-state index in [0.29, 0.717) is 12.8 Å². The van der Waals surface area contributed by atoms with Crippen LogP contribution in [-0.2, 0) is 4.79 Å². The van der Waals surface area contributed by atoms with Gasteiger partial charge in [-0.05, 0) is 12.8 Å². The molecule has 1 rings (SSSR count). The van der Waals surface area contributed by atoms with Crippen LogP contribution in [0.25, 0.3) is 0 Å². The average Bonchev–Trinajstić information content (AvgIpc) is 2.26. The zero-order valence-corrected chi connectivity index (χ0v) is 7.06. The third-order valence-electron chi connectivity index (χ3n) is 1.88. The van der Waals surface area contributed by atoms with Gasteiger partial charge in [0, 0.05) is 12.8 Å². The van der Waals surface area contributed by atoms with E-state index in [1.807, 2.05) is 0 Å². The number of hydrogen-bond donors (Lipinski definition) is 2. The van der Waals surface area contributed by atoms with Crippen molar-refractivity contribution in [3.63, 3.8) is 0 Å². The van der Waals surface area contributed by atoms with Crippen LogP contribution in [0.1, 0.15) is 25.7 Å². The molecule has 6 heteroatoms. The molecule has 1 heterocycles. The van der Waals surface area contributed by atoms with Crippen LogP contribution in [0, 0.1) is 0 Å². The third-order valence-corrected chi connectivity index (χ3v) is 1.88. The molecule has 0 radical (unpaired) electrons. The van der Waals surface area contributed by atoms with Gasteiger partial charge in [0.15, 0.2) is 5.84 Å². The fraction of sp³-hybridized carbons (Fsp3) is 0.571. The van der Waals surface area contributed by atoms with E-state index in [4.69, 9.17) is 10.9 Å². The highest BCUT2D eigenvalue weighted by molar-refractivity contribution is 6.11. The molecule has 1 aliphatic heterocycles. The van der Waals surface area contributed by atoms with Gasteiger partial charge in [-0.1, -0.05) is 5.16 Å². The Hall–Kier alpha value is -1.59. The normalized spacial score (nSPS) is 21.7. The molecule has 0 aromatic carbocycles. The maximum atomic E-state index is 11.3. The summed E-state index contributed by atoms with van der Waals surface area (Å²) in [6.07, 6.45) is 2.06. The molecule has 0 unspecified atom stereocenters. The number of amides is 3. The summed E-state index contributed by atoms with van der Waals surface area (Å²) >= 11 is 0. The molecule has 0 aromatic heterocycles. The second kappa shape index (κ2) is 3.88. The largest absolute Gasteiger partial charge is 0.409 e. The monoisotopic (exact) mass is 185 g/mol. The molecule has 13 heavy (non-hydrogen) atoms. The van der Waals surface area contributed by atoms with Gasteiger partial charge in [-0.25, -0.2) is 9.69 Å². The van der Waals surface area contributed by atoms with Crippen LogP contribution in [0.2, 0.25) is 0 Å². The zero-order chi connectivity index (χ0) is 9.84. The van der Waals surface area contributed by atoms with Crippen molar-refractivity contribution in [2.45, 2.75) is 25.7 Å². The number of rotatable bonds is 0. The molecule has 1 aliphatic rings. The SMILES string of the molecule is NC(=O)N1C(=O)CCCCC1=NO. The topological polar surface area (TPSA) is 96.0 Å². The summed E-state index contributed by atoms with van der Waals surface area (Å²) in [5.74, 6) is -0.368. The number of nitrogens with two attached hydrogens (primary N) is 1. The van der Waals surface area contributed by atoms with Crippen LogP contribution < -0.4 is 5.73 Å². The highest BCUT2D eigenvalue weighted by atomic mass is 16.4. The standard InChI is InChI=1S/C7H11N3O3/c8-7(12)10-5(9-13)3-1-2-4-6(10)11/h13H,1-4H2,(H2,8,12). The molecule has 0 spiro atoms. The number of nitrogens with zero attached hydrogens (tertiary/aromatic N) is 2. The Morgan fingerprint density at radius 1 is 1.46 bits per heavy atom. The summed E-state index contributed by atoms with van der Waals surface area (Å²) in [6.45, 7) is 0. The molecule has 0 aliphatic carbocycles. The zero-order valence-electron chi connectivity index (χ0n) is 7.06. The molecule has 1 saturated heterocycles. The Kier molecular flexibility index (Phi) is 2.84. The second-order valence-electron chi connectivity index (χ2n) is 2.79. The van der Waals surface area contributed by atoms with Crippen LogP contribution in [0.3, 0.4) is 0 Å². The van der Waals surface area contributed by atoms with E-state index in [-0.39, 0.29) is 12.3 Å². The molecule has 72 valence electrons. The summed E-state index contributed by atoms with van der Waals surface area (Å²) < 4.78 is 0. The van der Waals surface area contributed by atoms with Gasteiger partial charge < -0.3 is 10.9 Å². The van der Waals surface area contributed by atoms with Gasteiger partial charge in [-0.15, -0.1) is 0 Å². The van der Waals surface area contributed by atoms with Gasteiger partial charge in [-0.3, -0.25) is 4.79 Å². The van der Waals surface area contributed by atoms with E-state index in [2.05, 4.69) is 5.16 Å². The molecular weight excluding hydrogens is 174 g/mol. The number of carbonyl (C=O) groups is 2. The first-order chi connectivity index (χ1) is 6.16. The Morgan fingerprint density at radius 2 is 2.08 bits per heavy atom. The Morgan fingerprint density at radius 3 is 2.62 bits per heavy atom. The summed E-state index contributed by atoms with van der Waals surface area (Å²) in [7, 11) is 0. The number of primary amides is 1. The highest BCUT2D eigenvalue weighted by Gasteiger charge is 2.26. The summed E-state index contributed by atoms with van der Waals surface area (Å²) in [5, 5.41) is 11.4. The predicted molar refractivity (Wildman–Crippen MR) is 44.1 cm³/mol. The van der Waals surface area contributed by atoms with E-state index in [1.54, 1.807) is 0 Å². The lowest BCUT2D eigenvalue weighted by Crippen LogP contribution is -2.43. The van der Waals surface area contributed by atoms with Crippen molar-refractivity contribution in [2.24, 2.45) is 10.9 Å². The van der Waals surface area contributed by atoms with Gasteiger partial charge in [0.1, 0.15) is 0 Å². The van der Waals surface area contributed by atoms with Gasteiger partial charge in [0.05, 0.1) is 0 Å². The summed E-state index contributed by atoms with van der Waals surface area (Å²) in [6, 6.07) is -0.889. The van der Waals surface area contributed by atoms with Crippen LogP contribution in [0.5, 0.6) is 0 Å². The number of oxime groups is 1. The Labute approximate surface area is 75.0 Å². The smallest absolute Gasteiger partial charge is 0.327 e. The van der Waals surface area contributed by atoms with E-state index >= 15 is 0 Å². The Bertz CT molecular complexity index is 262. The lowest BCUT2D eigenvalue weighted by Gasteiger charge is -2.15. The quantitative estimate of drug-likeness (QED) is 0.418. The van der Waals surface area contributed by atoms with Crippen LogP contribution in [0.15, 0.2) is 5.16 Å². The van der Waals surface area contributed by atoms with E-state index in [1.165, 1.54) is 0 Å². The number of urea groups is 1. The maximum absolute atomic E-state index is 11.3. The second-order valence-corrected chi connectivity index (χ2v) is 2.79. The number of likely N-dealkylation sites (tertiary alicyclic amines) is 1. The first-order valence-electron chi connectivity index (χ1n) is 4.00. The van der Waals surface area contributed by atoms with Crippen LogP contribution in [0.4, 0.5) is 4.79 Å². The first-order valence-corrected chi connectivity index (χ1v) is 4.00. The minimum atomic E-state index is -0.889. The number of carbonyl (C=O) groups excluding carboxylic acids is 2. The van der Waals surface area contributed by atoms with Gasteiger partial charge >= 0.3 is 6.03 Å². The van der Waals surface area contributed by atoms with E-state index < -0.39 is 11.9 Å². The molecule has 3 N–H and O–H groups in total. The lowest BCUT2D eigenvalue weighted by molar-refractivity contribution is -0.125. The summed E-state index contributed by atoms with van der Waals surface area (Å²) in [4.78, 5) is 22.8. The van der Waals surface area contributed by atoms with Crippen molar-refractivity contribution in [1.82, 2.24) is 4.90 Å². The predicted octanol–water partition coefficient (Wildman–Crippen LogP) is 0.255. The van der Waals surface area contributed by atoms with E-state index in [9.17, 15) is 9.59 Å². The molecule has 6 nitrogen and oxygen atoms in total. The maximum Gasteiger partial charge on any atom is 0.327 e. The molecule has 0 atom stereocenters. The van der Waals surface area contributed by atoms with Gasteiger partial charge in [-0.2, -0.15) is 0 Å². The van der Waals surface area contributed by atoms with Crippen molar-refractivity contribution >= 4 is 17.8 Å². The van der Waals surface area contributed by atoms with Crippen molar-refractivity contribution in [1.29, 1.82) is 0 Å². The molecule has 1 fully saturated rings. The van der Waals surface area contributed by atoms with E-state index in [0.717, 1.165) is 11.3 Å². The van der Waals surface area contributed by atoms with Crippen molar-refractivity contribution in [3.05, 3.63) is 0 Å². The first kappa shape index (κ1) is 9.50. The highest BCUT2D eigenvalue weighted by Crippen LogP contribution is 2.13. The molecule has 3 amide bonds. The van der Waals surface area contributed by atoms with Crippen molar-refractivity contribution in [3.8, 4) is 0 Å². The fourth-order valence-corrected chi connectivity index (χ4v) is 1.27. The van der Waals surface area contributed by atoms with Crippen molar-refractivity contribution < 1.29 is 14.8 Å². The lowest BCUT2D eigenvalue weighted by atomic mass is 10.2. The van der Waals surface area contributed by atoms with Gasteiger partial charge in [0.25, 0.3) is 0 Å². The van der Waals surface area contributed by atoms with Gasteiger partial charge in [0.2, 0.25) is 5.91 Å². The minimum absolute atomic E-state index is 0.0370. The van der Waals surface area contributed by atoms with Crippen LogP contribution in [-0.4, -0.2) is 27.9 Å². The summed E-state index contributed by atoms with van der Waals surface area (Å²) in [5.41, 5.74) is 4.97. The minimum Gasteiger partial charge on any atom is -0.409 e.